The molecule has 4 rings (SSSR count). The Hall–Kier alpha value is -1.79. The Morgan fingerprint density at radius 2 is 2.10 bits per heavy atom. The number of hydrogen-bond donors (Lipinski definition) is 1. The van der Waals surface area contributed by atoms with Gasteiger partial charge in [0.2, 0.25) is 4.96 Å². The second-order valence-electron chi connectivity index (χ2n) is 5.55. The number of rotatable bonds is 2. The third-order valence-corrected chi connectivity index (χ3v) is 5.03. The topological polar surface area (TPSA) is 55.1 Å². The van der Waals surface area contributed by atoms with Crippen LogP contribution < -0.4 is 5.32 Å². The van der Waals surface area contributed by atoms with Crippen molar-refractivity contribution in [3.63, 3.8) is 0 Å². The monoisotopic (exact) mass is 299 g/mol. The van der Waals surface area contributed by atoms with Crippen molar-refractivity contribution in [2.45, 2.75) is 25.7 Å². The number of aromatic nitrogens is 4. The molecular weight excluding hydrogens is 282 g/mol. The fraction of sp³-hybridized carbons (Fsp3) is 0.400. The van der Waals surface area contributed by atoms with Crippen molar-refractivity contribution >= 4 is 16.3 Å². The third kappa shape index (κ3) is 2.34. The van der Waals surface area contributed by atoms with Gasteiger partial charge in [-0.05, 0) is 38.9 Å². The smallest absolute Gasteiger partial charge is 0.234 e. The van der Waals surface area contributed by atoms with E-state index in [-0.39, 0.29) is 0 Å². The van der Waals surface area contributed by atoms with E-state index in [1.807, 2.05) is 10.6 Å². The molecule has 0 spiro atoms. The zero-order chi connectivity index (χ0) is 14.2. The van der Waals surface area contributed by atoms with Gasteiger partial charge < -0.3 is 5.32 Å². The average molecular weight is 299 g/mol. The van der Waals surface area contributed by atoms with Crippen molar-refractivity contribution in [3.05, 3.63) is 34.8 Å². The van der Waals surface area contributed by atoms with E-state index in [0.717, 1.165) is 42.3 Å². The minimum atomic E-state index is 0.559. The van der Waals surface area contributed by atoms with E-state index >= 15 is 0 Å². The van der Waals surface area contributed by atoms with Crippen LogP contribution in [0.15, 0.2) is 24.3 Å². The van der Waals surface area contributed by atoms with Crippen molar-refractivity contribution < 1.29 is 0 Å². The van der Waals surface area contributed by atoms with E-state index in [1.54, 1.807) is 11.3 Å². The van der Waals surface area contributed by atoms with Crippen molar-refractivity contribution in [2.75, 3.05) is 13.1 Å². The minimum Gasteiger partial charge on any atom is -0.317 e. The Morgan fingerprint density at radius 3 is 2.90 bits per heavy atom. The molecule has 3 aromatic rings. The molecule has 0 amide bonds. The van der Waals surface area contributed by atoms with Crippen LogP contribution in [0.3, 0.4) is 0 Å². The SMILES string of the molecule is Cc1cccc(-c2nnc3sc(C4CCNCC4)nn23)c1. The molecule has 1 aromatic carbocycles. The van der Waals surface area contributed by atoms with Crippen LogP contribution in [0, 0.1) is 6.92 Å². The highest BCUT2D eigenvalue weighted by Gasteiger charge is 2.21. The molecule has 3 heterocycles. The number of hydrogen-bond acceptors (Lipinski definition) is 5. The Kier molecular flexibility index (Phi) is 3.20. The first kappa shape index (κ1) is 12.9. The number of nitrogens with one attached hydrogen (secondary N) is 1. The summed E-state index contributed by atoms with van der Waals surface area (Å²) in [7, 11) is 0. The van der Waals surface area contributed by atoms with E-state index in [9.17, 15) is 0 Å². The Morgan fingerprint density at radius 1 is 1.24 bits per heavy atom. The quantitative estimate of drug-likeness (QED) is 0.790. The van der Waals surface area contributed by atoms with Gasteiger partial charge in [0.25, 0.3) is 0 Å². The summed E-state index contributed by atoms with van der Waals surface area (Å²) in [6.07, 6.45) is 2.31. The Bertz CT molecular complexity index is 769. The molecule has 1 fully saturated rings. The predicted octanol–water partition coefficient (Wildman–Crippen LogP) is 2.63. The van der Waals surface area contributed by atoms with E-state index in [0.29, 0.717) is 5.92 Å². The molecule has 0 aliphatic carbocycles. The lowest BCUT2D eigenvalue weighted by Crippen LogP contribution is -2.26. The molecule has 0 radical (unpaired) electrons. The maximum absolute atomic E-state index is 4.78. The van der Waals surface area contributed by atoms with E-state index in [4.69, 9.17) is 5.10 Å². The molecule has 0 bridgehead atoms. The van der Waals surface area contributed by atoms with Gasteiger partial charge in [-0.15, -0.1) is 10.2 Å². The highest BCUT2D eigenvalue weighted by Crippen LogP contribution is 2.30. The number of piperidine rings is 1. The largest absolute Gasteiger partial charge is 0.317 e. The van der Waals surface area contributed by atoms with Crippen LogP contribution in [0.5, 0.6) is 0 Å². The molecule has 108 valence electrons. The van der Waals surface area contributed by atoms with Crippen LogP contribution in [-0.4, -0.2) is 32.9 Å². The fourth-order valence-corrected chi connectivity index (χ4v) is 3.84. The van der Waals surface area contributed by atoms with E-state index < -0.39 is 0 Å². The maximum atomic E-state index is 4.78. The van der Waals surface area contributed by atoms with Gasteiger partial charge in [0.1, 0.15) is 5.01 Å². The summed E-state index contributed by atoms with van der Waals surface area (Å²) in [5.74, 6) is 1.40. The van der Waals surface area contributed by atoms with E-state index in [2.05, 4.69) is 40.6 Å². The minimum absolute atomic E-state index is 0.559. The van der Waals surface area contributed by atoms with Gasteiger partial charge in [-0.2, -0.15) is 9.61 Å². The summed E-state index contributed by atoms with van der Waals surface area (Å²) >= 11 is 1.67. The van der Waals surface area contributed by atoms with Crippen LogP contribution in [0.2, 0.25) is 0 Å². The van der Waals surface area contributed by atoms with Crippen LogP contribution in [0.1, 0.15) is 29.3 Å². The van der Waals surface area contributed by atoms with Crippen molar-refractivity contribution in [2.24, 2.45) is 0 Å². The first-order chi connectivity index (χ1) is 10.3. The van der Waals surface area contributed by atoms with Crippen LogP contribution in [-0.2, 0) is 0 Å². The standard InChI is InChI=1S/C15H17N5S/c1-10-3-2-4-12(9-10)13-17-18-15-20(13)19-14(21-15)11-5-7-16-8-6-11/h2-4,9,11,16H,5-8H2,1H3. The zero-order valence-corrected chi connectivity index (χ0v) is 12.7. The average Bonchev–Trinajstić information content (AvgIpc) is 3.08. The van der Waals surface area contributed by atoms with Gasteiger partial charge in [0.05, 0.1) is 0 Å². The van der Waals surface area contributed by atoms with Crippen LogP contribution >= 0.6 is 11.3 Å². The van der Waals surface area contributed by atoms with Crippen LogP contribution in [0.25, 0.3) is 16.3 Å². The number of aryl methyl sites for hydroxylation is 1. The third-order valence-electron chi connectivity index (χ3n) is 3.97. The first-order valence-electron chi connectivity index (χ1n) is 7.31. The summed E-state index contributed by atoms with van der Waals surface area (Å²) in [6.45, 7) is 4.24. The first-order valence-corrected chi connectivity index (χ1v) is 8.13. The summed E-state index contributed by atoms with van der Waals surface area (Å²) in [5.41, 5.74) is 2.29. The lowest BCUT2D eigenvalue weighted by atomic mass is 9.99. The lowest BCUT2D eigenvalue weighted by molar-refractivity contribution is 0.456. The molecule has 5 nitrogen and oxygen atoms in total. The van der Waals surface area contributed by atoms with Crippen molar-refractivity contribution in [1.29, 1.82) is 0 Å². The second-order valence-corrected chi connectivity index (χ2v) is 6.54. The fourth-order valence-electron chi connectivity index (χ4n) is 2.83. The highest BCUT2D eigenvalue weighted by molar-refractivity contribution is 7.16. The second kappa shape index (κ2) is 5.20. The van der Waals surface area contributed by atoms with Crippen LogP contribution in [0.4, 0.5) is 0 Å². The summed E-state index contributed by atoms with van der Waals surface area (Å²) in [4.78, 5) is 0.889. The Balaban J connectivity index is 1.75. The highest BCUT2D eigenvalue weighted by atomic mass is 32.1. The number of nitrogens with zero attached hydrogens (tertiary/aromatic N) is 4. The molecule has 6 heteroatoms. The lowest BCUT2D eigenvalue weighted by Gasteiger charge is -2.19. The van der Waals surface area contributed by atoms with Gasteiger partial charge in [-0.25, -0.2) is 0 Å². The van der Waals surface area contributed by atoms with Gasteiger partial charge in [0.15, 0.2) is 5.82 Å². The molecule has 1 aliphatic heterocycles. The molecule has 1 saturated heterocycles. The molecule has 0 saturated carbocycles. The molecule has 2 aromatic heterocycles. The van der Waals surface area contributed by atoms with E-state index in [1.165, 1.54) is 10.6 Å². The molecule has 21 heavy (non-hydrogen) atoms. The van der Waals surface area contributed by atoms with Gasteiger partial charge in [-0.1, -0.05) is 35.1 Å². The van der Waals surface area contributed by atoms with Gasteiger partial charge >= 0.3 is 0 Å². The van der Waals surface area contributed by atoms with Gasteiger partial charge in [-0.3, -0.25) is 0 Å². The molecule has 1 N–H and O–H groups in total. The summed E-state index contributed by atoms with van der Waals surface area (Å²) in [6, 6.07) is 8.32. The van der Waals surface area contributed by atoms with Crippen molar-refractivity contribution in [1.82, 2.24) is 25.1 Å². The normalized spacial score (nSPS) is 16.6. The molecular formula is C15H17N5S. The molecule has 0 atom stereocenters. The maximum Gasteiger partial charge on any atom is 0.234 e. The summed E-state index contributed by atoms with van der Waals surface area (Å²) < 4.78 is 1.90. The Labute approximate surface area is 127 Å². The predicted molar refractivity (Wildman–Crippen MR) is 83.7 cm³/mol. The molecule has 0 unspecified atom stereocenters. The number of fused-ring (bicyclic) bond motifs is 1. The zero-order valence-electron chi connectivity index (χ0n) is 11.9. The number of benzene rings is 1. The van der Waals surface area contributed by atoms with Crippen molar-refractivity contribution in [3.8, 4) is 11.4 Å². The molecule has 1 aliphatic rings. The summed E-state index contributed by atoms with van der Waals surface area (Å²) in [5, 5.41) is 18.0. The van der Waals surface area contributed by atoms with Gasteiger partial charge in [0, 0.05) is 11.5 Å².